The molecular weight excluding hydrogens is 380 g/mol. The summed E-state index contributed by atoms with van der Waals surface area (Å²) in [5.74, 6) is 0.104. The predicted molar refractivity (Wildman–Crippen MR) is 116 cm³/mol. The minimum atomic E-state index is -0.475. The number of unbranched alkanes of at least 4 members (excludes halogenated alkanes) is 1. The molecule has 0 aliphatic heterocycles. The maximum Gasteiger partial charge on any atom is 0.417 e. The normalized spacial score (nSPS) is 11.4. The van der Waals surface area contributed by atoms with E-state index in [1.807, 2.05) is 30.5 Å². The monoisotopic (exact) mass is 404 g/mol. The van der Waals surface area contributed by atoms with Gasteiger partial charge in [-0.1, -0.05) is 6.07 Å². The molecule has 2 heterocycles. The number of nitriles is 1. The molecule has 0 bridgehead atoms. The first-order chi connectivity index (χ1) is 14.6. The van der Waals surface area contributed by atoms with E-state index in [4.69, 9.17) is 14.4 Å². The molecule has 0 saturated carbocycles. The largest absolute Gasteiger partial charge is 0.488 e. The topological polar surface area (TPSA) is 98.0 Å². The number of nitrogens with zero attached hydrogens (tertiary/aromatic N) is 2. The van der Waals surface area contributed by atoms with Crippen LogP contribution in [0.15, 0.2) is 51.8 Å². The van der Waals surface area contributed by atoms with Gasteiger partial charge in [0.25, 0.3) is 0 Å². The predicted octanol–water partition coefficient (Wildman–Crippen LogP) is 3.81. The minimum Gasteiger partial charge on any atom is -0.488 e. The SMILES string of the molecule is CN(CCCCc1c[nH]c2ccc(C#N)cc12)CCOc1cccc2[nH]c(=O)oc12. The summed E-state index contributed by atoms with van der Waals surface area (Å²) >= 11 is 0. The first-order valence-corrected chi connectivity index (χ1v) is 10.1. The van der Waals surface area contributed by atoms with Gasteiger partial charge in [0, 0.05) is 23.6 Å². The number of rotatable bonds is 9. The fourth-order valence-corrected chi connectivity index (χ4v) is 3.64. The van der Waals surface area contributed by atoms with Crippen molar-refractivity contribution in [3.05, 3.63) is 64.3 Å². The molecule has 2 aromatic carbocycles. The fraction of sp³-hybridized carbons (Fsp3) is 0.304. The molecule has 0 amide bonds. The molecule has 2 aromatic heterocycles. The van der Waals surface area contributed by atoms with E-state index in [0.29, 0.717) is 29.0 Å². The van der Waals surface area contributed by atoms with E-state index in [9.17, 15) is 4.79 Å². The van der Waals surface area contributed by atoms with E-state index in [1.54, 1.807) is 12.1 Å². The van der Waals surface area contributed by atoms with E-state index in [0.717, 1.165) is 43.3 Å². The van der Waals surface area contributed by atoms with E-state index in [2.05, 4.69) is 28.0 Å². The zero-order valence-electron chi connectivity index (χ0n) is 16.9. The van der Waals surface area contributed by atoms with Crippen LogP contribution >= 0.6 is 0 Å². The Morgan fingerprint density at radius 1 is 1.17 bits per heavy atom. The highest BCUT2D eigenvalue weighted by Crippen LogP contribution is 2.23. The molecule has 4 aromatic rings. The number of benzene rings is 2. The van der Waals surface area contributed by atoms with Gasteiger partial charge in [-0.05, 0) is 68.8 Å². The van der Waals surface area contributed by atoms with E-state index >= 15 is 0 Å². The number of aryl methyl sites for hydroxylation is 1. The number of likely N-dealkylation sites (N-methyl/N-ethyl adjacent to an activating group) is 1. The van der Waals surface area contributed by atoms with Gasteiger partial charge in [-0.2, -0.15) is 5.26 Å². The van der Waals surface area contributed by atoms with Crippen LogP contribution in [0.2, 0.25) is 0 Å². The standard InChI is InChI=1S/C23H24N4O3/c1-27(11-12-29-21-7-4-6-20-22(21)30-23(28)26-20)10-3-2-5-17-15-25-19-9-8-16(14-24)13-18(17)19/h4,6-9,13,15,25H,2-3,5,10-12H2,1H3,(H,26,28). The fourth-order valence-electron chi connectivity index (χ4n) is 3.64. The zero-order chi connectivity index (χ0) is 20.9. The Hall–Kier alpha value is -3.50. The average Bonchev–Trinajstić information content (AvgIpc) is 3.33. The van der Waals surface area contributed by atoms with E-state index in [1.165, 1.54) is 5.56 Å². The van der Waals surface area contributed by atoms with Crippen LogP contribution in [-0.2, 0) is 6.42 Å². The highest BCUT2D eigenvalue weighted by molar-refractivity contribution is 5.84. The third kappa shape index (κ3) is 4.39. The Bertz CT molecular complexity index is 1240. The van der Waals surface area contributed by atoms with Crippen LogP contribution in [0.5, 0.6) is 5.75 Å². The van der Waals surface area contributed by atoms with Crippen LogP contribution in [0, 0.1) is 11.3 Å². The lowest BCUT2D eigenvalue weighted by Crippen LogP contribution is -2.25. The molecule has 0 aliphatic rings. The van der Waals surface area contributed by atoms with Gasteiger partial charge >= 0.3 is 5.76 Å². The zero-order valence-corrected chi connectivity index (χ0v) is 16.9. The smallest absolute Gasteiger partial charge is 0.417 e. The van der Waals surface area contributed by atoms with Crippen molar-refractivity contribution in [1.82, 2.24) is 14.9 Å². The number of aromatic nitrogens is 2. The second-order valence-corrected chi connectivity index (χ2v) is 7.44. The average molecular weight is 404 g/mol. The molecule has 0 saturated heterocycles. The van der Waals surface area contributed by atoms with Gasteiger partial charge in [-0.25, -0.2) is 4.79 Å². The van der Waals surface area contributed by atoms with Crippen LogP contribution < -0.4 is 10.5 Å². The Morgan fingerprint density at radius 3 is 2.93 bits per heavy atom. The lowest BCUT2D eigenvalue weighted by Gasteiger charge is -2.16. The molecule has 154 valence electrons. The summed E-state index contributed by atoms with van der Waals surface area (Å²) in [5, 5.41) is 10.2. The molecule has 0 aliphatic carbocycles. The summed E-state index contributed by atoms with van der Waals surface area (Å²) in [6.07, 6.45) is 5.17. The lowest BCUT2D eigenvalue weighted by molar-refractivity contribution is 0.235. The number of ether oxygens (including phenoxy) is 1. The third-order valence-electron chi connectivity index (χ3n) is 5.27. The first-order valence-electron chi connectivity index (χ1n) is 10.1. The Morgan fingerprint density at radius 2 is 2.07 bits per heavy atom. The summed E-state index contributed by atoms with van der Waals surface area (Å²) in [6, 6.07) is 13.4. The Labute approximate surface area is 173 Å². The number of fused-ring (bicyclic) bond motifs is 2. The van der Waals surface area contributed by atoms with Crippen molar-refractivity contribution in [2.24, 2.45) is 0 Å². The molecule has 7 heteroatoms. The van der Waals surface area contributed by atoms with E-state index in [-0.39, 0.29) is 0 Å². The second-order valence-electron chi connectivity index (χ2n) is 7.44. The van der Waals surface area contributed by atoms with Gasteiger partial charge in [0.1, 0.15) is 6.61 Å². The molecule has 4 rings (SSSR count). The number of oxazole rings is 1. The van der Waals surface area contributed by atoms with Crippen molar-refractivity contribution >= 4 is 22.0 Å². The number of H-pyrrole nitrogens is 2. The summed E-state index contributed by atoms with van der Waals surface area (Å²) in [7, 11) is 2.07. The molecule has 2 N–H and O–H groups in total. The minimum absolute atomic E-state index is 0.462. The van der Waals surface area contributed by atoms with Gasteiger partial charge < -0.3 is 19.0 Å². The molecule has 0 fully saturated rings. The van der Waals surface area contributed by atoms with Gasteiger partial charge in [0.15, 0.2) is 11.3 Å². The second kappa shape index (κ2) is 8.89. The molecule has 0 atom stereocenters. The van der Waals surface area contributed by atoms with Gasteiger partial charge in [-0.3, -0.25) is 4.98 Å². The lowest BCUT2D eigenvalue weighted by atomic mass is 10.1. The number of para-hydroxylation sites is 1. The van der Waals surface area contributed by atoms with Crippen LogP contribution in [0.1, 0.15) is 24.0 Å². The third-order valence-corrected chi connectivity index (χ3v) is 5.27. The molecule has 0 unspecified atom stereocenters. The van der Waals surface area contributed by atoms with Crippen molar-refractivity contribution in [1.29, 1.82) is 5.26 Å². The van der Waals surface area contributed by atoms with Gasteiger partial charge in [0.05, 0.1) is 17.1 Å². The summed E-state index contributed by atoms with van der Waals surface area (Å²) in [4.78, 5) is 19.5. The van der Waals surface area contributed by atoms with Crippen LogP contribution in [0.25, 0.3) is 22.0 Å². The Balaban J connectivity index is 1.21. The number of hydrogen-bond acceptors (Lipinski definition) is 5. The number of hydrogen-bond donors (Lipinski definition) is 2. The maximum absolute atomic E-state index is 11.4. The van der Waals surface area contributed by atoms with Crippen molar-refractivity contribution in [2.45, 2.75) is 19.3 Å². The van der Waals surface area contributed by atoms with E-state index < -0.39 is 5.76 Å². The number of nitrogens with one attached hydrogen (secondary N) is 2. The van der Waals surface area contributed by atoms with Crippen LogP contribution in [0.3, 0.4) is 0 Å². The Kier molecular flexibility index (Phi) is 5.87. The quantitative estimate of drug-likeness (QED) is 0.414. The summed E-state index contributed by atoms with van der Waals surface area (Å²) < 4.78 is 11.0. The highest BCUT2D eigenvalue weighted by atomic mass is 16.5. The molecular formula is C23H24N4O3. The first kappa shape index (κ1) is 19.8. The van der Waals surface area contributed by atoms with Crippen molar-refractivity contribution in [3.8, 4) is 11.8 Å². The van der Waals surface area contributed by atoms with Crippen molar-refractivity contribution in [3.63, 3.8) is 0 Å². The van der Waals surface area contributed by atoms with Gasteiger partial charge in [-0.15, -0.1) is 0 Å². The summed E-state index contributed by atoms with van der Waals surface area (Å²) in [5.41, 5.74) is 4.13. The maximum atomic E-state index is 11.4. The summed E-state index contributed by atoms with van der Waals surface area (Å²) in [6.45, 7) is 2.27. The van der Waals surface area contributed by atoms with Crippen LogP contribution in [-0.4, -0.2) is 41.6 Å². The molecule has 30 heavy (non-hydrogen) atoms. The molecule has 0 radical (unpaired) electrons. The highest BCUT2D eigenvalue weighted by Gasteiger charge is 2.09. The molecule has 7 nitrogen and oxygen atoms in total. The van der Waals surface area contributed by atoms with Crippen LogP contribution in [0.4, 0.5) is 0 Å². The number of aromatic amines is 2. The molecule has 0 spiro atoms. The van der Waals surface area contributed by atoms with Gasteiger partial charge in [0.2, 0.25) is 0 Å². The van der Waals surface area contributed by atoms with Crippen molar-refractivity contribution < 1.29 is 9.15 Å². The van der Waals surface area contributed by atoms with Crippen molar-refractivity contribution in [2.75, 3.05) is 26.7 Å².